The molecule has 2 rings (SSSR count). The van der Waals surface area contributed by atoms with Gasteiger partial charge in [-0.05, 0) is 18.2 Å². The van der Waals surface area contributed by atoms with E-state index in [9.17, 15) is 17.6 Å². The van der Waals surface area contributed by atoms with Gasteiger partial charge in [-0.1, -0.05) is 0 Å². The van der Waals surface area contributed by atoms with Gasteiger partial charge in [0.05, 0.1) is 11.6 Å². The summed E-state index contributed by atoms with van der Waals surface area (Å²) in [5, 5.41) is 5.87. The Labute approximate surface area is 89.6 Å². The predicted octanol–water partition coefficient (Wildman–Crippen LogP) is 2.23. The Balaban J connectivity index is 2.20. The summed E-state index contributed by atoms with van der Waals surface area (Å²) in [4.78, 5) is 0. The van der Waals surface area contributed by atoms with Crippen molar-refractivity contribution in [3.05, 3.63) is 29.6 Å². The maximum atomic E-state index is 12.9. The molecule has 1 fully saturated rings. The van der Waals surface area contributed by atoms with E-state index in [1.807, 2.05) is 0 Å². The fourth-order valence-corrected chi connectivity index (χ4v) is 1.46. The number of anilines is 1. The second-order valence-electron chi connectivity index (χ2n) is 3.69. The molecule has 0 radical (unpaired) electrons. The van der Waals surface area contributed by atoms with Crippen molar-refractivity contribution in [2.75, 3.05) is 18.4 Å². The number of alkyl halides is 3. The van der Waals surface area contributed by atoms with Gasteiger partial charge in [-0.15, -0.1) is 0 Å². The molecule has 0 aliphatic carbocycles. The van der Waals surface area contributed by atoms with Gasteiger partial charge in [0.1, 0.15) is 5.82 Å². The molecule has 2 nitrogen and oxygen atoms in total. The van der Waals surface area contributed by atoms with E-state index in [0.717, 1.165) is 12.1 Å². The first-order valence-corrected chi connectivity index (χ1v) is 4.81. The zero-order chi connectivity index (χ0) is 11.8. The largest absolute Gasteiger partial charge is 0.419 e. The van der Waals surface area contributed by atoms with E-state index in [1.54, 1.807) is 0 Å². The minimum atomic E-state index is -4.65. The molecule has 1 heterocycles. The first-order chi connectivity index (χ1) is 7.47. The van der Waals surface area contributed by atoms with Gasteiger partial charge in [0.2, 0.25) is 0 Å². The Morgan fingerprint density at radius 1 is 1.25 bits per heavy atom. The van der Waals surface area contributed by atoms with Crippen molar-refractivity contribution < 1.29 is 17.6 Å². The van der Waals surface area contributed by atoms with Crippen molar-refractivity contribution in [1.29, 1.82) is 0 Å². The molecule has 0 atom stereocenters. The average molecular weight is 234 g/mol. The van der Waals surface area contributed by atoms with Gasteiger partial charge < -0.3 is 10.6 Å². The summed E-state index contributed by atoms with van der Waals surface area (Å²) in [6.45, 7) is 1.41. The van der Waals surface area contributed by atoms with Gasteiger partial charge in [-0.2, -0.15) is 13.2 Å². The lowest BCUT2D eigenvalue weighted by Crippen LogP contribution is -2.51. The fraction of sp³-hybridized carbons (Fsp3) is 0.400. The SMILES string of the molecule is Fc1ccc(NC2CNC2)cc1C(F)(F)F. The first-order valence-electron chi connectivity index (χ1n) is 4.81. The van der Waals surface area contributed by atoms with Crippen LogP contribution in [0, 0.1) is 5.82 Å². The maximum Gasteiger partial charge on any atom is 0.419 e. The van der Waals surface area contributed by atoms with Crippen LogP contribution in [0.1, 0.15) is 5.56 Å². The van der Waals surface area contributed by atoms with Crippen molar-refractivity contribution in [2.24, 2.45) is 0 Å². The molecule has 6 heteroatoms. The van der Waals surface area contributed by atoms with Crippen LogP contribution in [0.15, 0.2) is 18.2 Å². The topological polar surface area (TPSA) is 24.1 Å². The van der Waals surface area contributed by atoms with E-state index in [1.165, 1.54) is 6.07 Å². The van der Waals surface area contributed by atoms with E-state index in [-0.39, 0.29) is 6.04 Å². The van der Waals surface area contributed by atoms with E-state index in [4.69, 9.17) is 0 Å². The zero-order valence-electron chi connectivity index (χ0n) is 8.24. The van der Waals surface area contributed by atoms with Gasteiger partial charge >= 0.3 is 6.18 Å². The Bertz CT molecular complexity index is 385. The summed E-state index contributed by atoms with van der Waals surface area (Å²) < 4.78 is 50.1. The highest BCUT2D eigenvalue weighted by molar-refractivity contribution is 5.48. The minimum absolute atomic E-state index is 0.117. The third-order valence-corrected chi connectivity index (χ3v) is 2.42. The number of hydrogen-bond acceptors (Lipinski definition) is 2. The van der Waals surface area contributed by atoms with Gasteiger partial charge in [0.25, 0.3) is 0 Å². The van der Waals surface area contributed by atoms with Crippen LogP contribution in [-0.2, 0) is 6.18 Å². The molecular weight excluding hydrogens is 224 g/mol. The van der Waals surface area contributed by atoms with Crippen molar-refractivity contribution in [2.45, 2.75) is 12.2 Å². The smallest absolute Gasteiger partial charge is 0.380 e. The Morgan fingerprint density at radius 2 is 1.94 bits per heavy atom. The number of halogens is 4. The Morgan fingerprint density at radius 3 is 2.44 bits per heavy atom. The van der Waals surface area contributed by atoms with E-state index in [2.05, 4.69) is 10.6 Å². The molecular formula is C10H10F4N2. The summed E-state index contributed by atoms with van der Waals surface area (Å²) in [7, 11) is 0. The lowest BCUT2D eigenvalue weighted by Gasteiger charge is -2.29. The maximum absolute atomic E-state index is 12.9. The van der Waals surface area contributed by atoms with Crippen LogP contribution in [-0.4, -0.2) is 19.1 Å². The van der Waals surface area contributed by atoms with Crippen molar-refractivity contribution in [3.8, 4) is 0 Å². The first kappa shape index (κ1) is 11.2. The molecule has 1 aromatic carbocycles. The van der Waals surface area contributed by atoms with Crippen LogP contribution < -0.4 is 10.6 Å². The molecule has 0 unspecified atom stereocenters. The highest BCUT2D eigenvalue weighted by Crippen LogP contribution is 2.33. The predicted molar refractivity (Wildman–Crippen MR) is 51.7 cm³/mol. The molecule has 1 aliphatic heterocycles. The third kappa shape index (κ3) is 2.27. The van der Waals surface area contributed by atoms with Gasteiger partial charge in [0.15, 0.2) is 0 Å². The molecule has 1 saturated heterocycles. The van der Waals surface area contributed by atoms with Crippen molar-refractivity contribution >= 4 is 5.69 Å². The summed E-state index contributed by atoms with van der Waals surface area (Å²) >= 11 is 0. The quantitative estimate of drug-likeness (QED) is 0.767. The summed E-state index contributed by atoms with van der Waals surface area (Å²) in [5.41, 5.74) is -0.940. The summed E-state index contributed by atoms with van der Waals surface area (Å²) in [6.07, 6.45) is -4.65. The average Bonchev–Trinajstić information content (AvgIpc) is 2.12. The van der Waals surface area contributed by atoms with Crippen molar-refractivity contribution in [1.82, 2.24) is 5.32 Å². The molecule has 16 heavy (non-hydrogen) atoms. The zero-order valence-corrected chi connectivity index (χ0v) is 8.24. The molecule has 0 spiro atoms. The molecule has 0 aromatic heterocycles. The molecule has 1 aliphatic rings. The normalized spacial score (nSPS) is 17.0. The molecule has 1 aromatic rings. The van der Waals surface area contributed by atoms with Gasteiger partial charge in [-0.25, -0.2) is 4.39 Å². The number of nitrogens with one attached hydrogen (secondary N) is 2. The molecule has 0 saturated carbocycles. The third-order valence-electron chi connectivity index (χ3n) is 2.42. The monoisotopic (exact) mass is 234 g/mol. The molecule has 0 bridgehead atoms. The van der Waals surface area contributed by atoms with Gasteiger partial charge in [0, 0.05) is 18.8 Å². The number of hydrogen-bond donors (Lipinski definition) is 2. The van der Waals surface area contributed by atoms with Crippen molar-refractivity contribution in [3.63, 3.8) is 0 Å². The lowest BCUT2D eigenvalue weighted by atomic mass is 10.1. The minimum Gasteiger partial charge on any atom is -0.380 e. The second kappa shape index (κ2) is 3.93. The highest BCUT2D eigenvalue weighted by Gasteiger charge is 2.34. The van der Waals surface area contributed by atoms with E-state index >= 15 is 0 Å². The Kier molecular flexibility index (Phi) is 2.75. The number of benzene rings is 1. The van der Waals surface area contributed by atoms with Gasteiger partial charge in [-0.3, -0.25) is 0 Å². The molecule has 88 valence electrons. The van der Waals surface area contributed by atoms with Crippen LogP contribution in [0.4, 0.5) is 23.2 Å². The van der Waals surface area contributed by atoms with Crippen LogP contribution in [0.5, 0.6) is 0 Å². The summed E-state index contributed by atoms with van der Waals surface area (Å²) in [5.74, 6) is -1.25. The summed E-state index contributed by atoms with van der Waals surface area (Å²) in [6, 6.07) is 3.06. The fourth-order valence-electron chi connectivity index (χ4n) is 1.46. The number of rotatable bonds is 2. The molecule has 0 amide bonds. The van der Waals surface area contributed by atoms with Crippen LogP contribution in [0.2, 0.25) is 0 Å². The van der Waals surface area contributed by atoms with E-state index < -0.39 is 17.6 Å². The lowest BCUT2D eigenvalue weighted by molar-refractivity contribution is -0.139. The molecule has 2 N–H and O–H groups in total. The Hall–Kier alpha value is -1.30. The standard InChI is InChI=1S/C10H10F4N2/c11-9-2-1-6(16-7-4-15-5-7)3-8(9)10(12,13)14/h1-3,7,15-16H,4-5H2. The highest BCUT2D eigenvalue weighted by atomic mass is 19.4. The van der Waals surface area contributed by atoms with E-state index in [0.29, 0.717) is 18.8 Å². The van der Waals surface area contributed by atoms with Crippen LogP contribution >= 0.6 is 0 Å². The van der Waals surface area contributed by atoms with Crippen LogP contribution in [0.3, 0.4) is 0 Å². The second-order valence-corrected chi connectivity index (χ2v) is 3.69. The van der Waals surface area contributed by atoms with Crippen LogP contribution in [0.25, 0.3) is 0 Å².